The molecule has 0 aromatic heterocycles. The molecule has 1 aliphatic carbocycles. The van der Waals surface area contributed by atoms with Crippen LogP contribution in [0, 0.1) is 11.3 Å². The Labute approximate surface area is 134 Å². The van der Waals surface area contributed by atoms with Crippen molar-refractivity contribution in [3.8, 4) is 0 Å². The van der Waals surface area contributed by atoms with E-state index in [4.69, 9.17) is 19.6 Å². The topological polar surface area (TPSA) is 54.0 Å². The average Bonchev–Trinajstić information content (AvgIpc) is 2.22. The molecule has 1 fully saturated rings. The lowest BCUT2D eigenvalue weighted by Crippen LogP contribution is -2.45. The third-order valence-electron chi connectivity index (χ3n) is 3.33. The summed E-state index contributed by atoms with van der Waals surface area (Å²) in [7, 11) is 0. The smallest absolute Gasteiger partial charge is 0.230 e. The molecule has 0 saturated heterocycles. The fourth-order valence-electron chi connectivity index (χ4n) is 2.66. The average molecular weight is 316 g/mol. The van der Waals surface area contributed by atoms with Crippen LogP contribution in [0.2, 0.25) is 0 Å². The highest BCUT2D eigenvalue weighted by molar-refractivity contribution is 5.80. The lowest BCUT2D eigenvalue weighted by atomic mass is 9.70. The van der Waals surface area contributed by atoms with Gasteiger partial charge in [-0.3, -0.25) is 4.79 Å². The zero-order chi connectivity index (χ0) is 17.2. The second-order valence-corrected chi connectivity index (χ2v) is 8.80. The van der Waals surface area contributed by atoms with Crippen molar-refractivity contribution in [1.29, 1.82) is 0 Å². The van der Waals surface area contributed by atoms with Gasteiger partial charge in [0.15, 0.2) is 0 Å². The molecule has 0 heterocycles. The Morgan fingerprint density at radius 2 is 1.50 bits per heavy atom. The quantitative estimate of drug-likeness (QED) is 0.432. The molecule has 22 heavy (non-hydrogen) atoms. The Hall–Kier alpha value is -0.490. The summed E-state index contributed by atoms with van der Waals surface area (Å²) in [5, 5.41) is 0. The van der Waals surface area contributed by atoms with Gasteiger partial charge in [0.05, 0.1) is 11.2 Å². The van der Waals surface area contributed by atoms with Gasteiger partial charge in [0, 0.05) is 18.3 Å². The molecule has 130 valence electrons. The summed E-state index contributed by atoms with van der Waals surface area (Å²) < 4.78 is 0. The normalized spacial score (nSPS) is 27.5. The fourth-order valence-corrected chi connectivity index (χ4v) is 2.66. The monoisotopic (exact) mass is 316 g/mol. The van der Waals surface area contributed by atoms with Gasteiger partial charge in [0.2, 0.25) is 6.29 Å². The van der Waals surface area contributed by atoms with Gasteiger partial charge in [-0.15, -0.1) is 0 Å². The van der Waals surface area contributed by atoms with Gasteiger partial charge in [0.25, 0.3) is 0 Å². The zero-order valence-corrected chi connectivity index (χ0v) is 15.3. The van der Waals surface area contributed by atoms with Crippen molar-refractivity contribution in [3.63, 3.8) is 0 Å². The number of Topliss-reactive ketones (excluding diaryl/α,β-unsaturated/α-hetero) is 1. The minimum absolute atomic E-state index is 0.227. The maximum absolute atomic E-state index is 12.0. The molecule has 5 heteroatoms. The van der Waals surface area contributed by atoms with Gasteiger partial charge in [-0.05, 0) is 53.9 Å². The molecule has 2 atom stereocenters. The van der Waals surface area contributed by atoms with E-state index in [2.05, 4.69) is 6.92 Å². The molecular weight excluding hydrogens is 284 g/mol. The maximum Gasteiger partial charge on any atom is 0.230 e. The largest absolute Gasteiger partial charge is 0.300 e. The number of carbonyl (C=O) groups is 1. The molecule has 0 aromatic rings. The zero-order valence-electron chi connectivity index (χ0n) is 15.3. The van der Waals surface area contributed by atoms with E-state index in [0.717, 1.165) is 6.42 Å². The molecule has 0 aromatic carbocycles. The van der Waals surface area contributed by atoms with E-state index in [1.165, 1.54) is 0 Å². The molecule has 1 rings (SSSR count). The van der Waals surface area contributed by atoms with E-state index >= 15 is 0 Å². The summed E-state index contributed by atoms with van der Waals surface area (Å²) in [6, 6.07) is 0. The first kappa shape index (κ1) is 19.6. The predicted molar refractivity (Wildman–Crippen MR) is 83.8 cm³/mol. The van der Waals surface area contributed by atoms with Crippen molar-refractivity contribution < 1.29 is 24.3 Å². The second kappa shape index (κ2) is 6.95. The Balaban J connectivity index is 2.84. The summed E-state index contributed by atoms with van der Waals surface area (Å²) in [6.45, 7) is 15.4. The first-order valence-electron chi connectivity index (χ1n) is 8.01. The fraction of sp³-hybridized carbons (Fsp3) is 0.941. The van der Waals surface area contributed by atoms with Crippen LogP contribution in [0.3, 0.4) is 0 Å². The highest BCUT2D eigenvalue weighted by Gasteiger charge is 2.45. The van der Waals surface area contributed by atoms with Crippen LogP contribution in [0.5, 0.6) is 0 Å². The molecule has 0 N–H and O–H groups in total. The van der Waals surface area contributed by atoms with E-state index < -0.39 is 22.9 Å². The van der Waals surface area contributed by atoms with Crippen molar-refractivity contribution in [2.24, 2.45) is 11.3 Å². The molecule has 1 aliphatic rings. The van der Waals surface area contributed by atoms with Crippen LogP contribution in [0.1, 0.15) is 74.7 Å². The molecule has 5 nitrogen and oxygen atoms in total. The van der Waals surface area contributed by atoms with E-state index in [1.54, 1.807) is 0 Å². The lowest BCUT2D eigenvalue weighted by molar-refractivity contribution is -0.516. The number of ketones is 1. The van der Waals surface area contributed by atoms with Gasteiger partial charge in [0.1, 0.15) is 5.78 Å². The SMILES string of the molecule is CC1CC(=O)CC(C)(C(OOC(C)(C)C)OOC(C)(C)C)C1. The van der Waals surface area contributed by atoms with Gasteiger partial charge in [-0.2, -0.15) is 0 Å². The van der Waals surface area contributed by atoms with Crippen LogP contribution >= 0.6 is 0 Å². The molecule has 2 unspecified atom stereocenters. The van der Waals surface area contributed by atoms with Crippen molar-refractivity contribution in [2.75, 3.05) is 0 Å². The molecule has 0 bridgehead atoms. The minimum Gasteiger partial charge on any atom is -0.300 e. The molecule has 1 saturated carbocycles. The standard InChI is InChI=1S/C17H32O5/c1-12-9-13(18)11-17(8,10-12)14(19-21-15(2,3)4)20-22-16(5,6)7/h12,14H,9-11H2,1-8H3. The van der Waals surface area contributed by atoms with Crippen molar-refractivity contribution in [3.05, 3.63) is 0 Å². The first-order chi connectivity index (χ1) is 9.81. The van der Waals surface area contributed by atoms with Gasteiger partial charge < -0.3 is 0 Å². The van der Waals surface area contributed by atoms with E-state index in [0.29, 0.717) is 18.8 Å². The van der Waals surface area contributed by atoms with Gasteiger partial charge in [-0.25, -0.2) is 19.6 Å². The second-order valence-electron chi connectivity index (χ2n) is 8.80. The Bertz CT molecular complexity index is 361. The van der Waals surface area contributed by atoms with Crippen LogP contribution < -0.4 is 0 Å². The number of hydrogen-bond donors (Lipinski definition) is 0. The third kappa shape index (κ3) is 6.73. The first-order valence-corrected chi connectivity index (χ1v) is 8.01. The van der Waals surface area contributed by atoms with Gasteiger partial charge in [-0.1, -0.05) is 13.8 Å². The van der Waals surface area contributed by atoms with E-state index in [9.17, 15) is 4.79 Å². The van der Waals surface area contributed by atoms with Crippen molar-refractivity contribution in [2.45, 2.75) is 92.1 Å². The molecule has 0 radical (unpaired) electrons. The van der Waals surface area contributed by atoms with Crippen LogP contribution in [-0.2, 0) is 24.3 Å². The molecule has 0 amide bonds. The minimum atomic E-state index is -0.752. The maximum atomic E-state index is 12.0. The summed E-state index contributed by atoms with van der Waals surface area (Å²) >= 11 is 0. The third-order valence-corrected chi connectivity index (χ3v) is 3.33. The van der Waals surface area contributed by atoms with Gasteiger partial charge >= 0.3 is 0 Å². The summed E-state index contributed by atoms with van der Waals surface area (Å²) in [6.07, 6.45) is 1.09. The Morgan fingerprint density at radius 3 is 1.86 bits per heavy atom. The van der Waals surface area contributed by atoms with E-state index in [1.807, 2.05) is 48.5 Å². The summed E-state index contributed by atoms with van der Waals surface area (Å²) in [4.78, 5) is 33.9. The van der Waals surface area contributed by atoms with Crippen molar-refractivity contribution in [1.82, 2.24) is 0 Å². The Kier molecular flexibility index (Phi) is 6.18. The predicted octanol–water partition coefficient (Wildman–Crippen LogP) is 4.20. The molecule has 0 spiro atoms. The molecular formula is C17H32O5. The highest BCUT2D eigenvalue weighted by Crippen LogP contribution is 2.42. The van der Waals surface area contributed by atoms with Crippen LogP contribution in [0.25, 0.3) is 0 Å². The highest BCUT2D eigenvalue weighted by atomic mass is 17.3. The number of carbonyl (C=O) groups excluding carboxylic acids is 1. The van der Waals surface area contributed by atoms with E-state index in [-0.39, 0.29) is 5.78 Å². The van der Waals surface area contributed by atoms with Crippen LogP contribution in [0.15, 0.2) is 0 Å². The van der Waals surface area contributed by atoms with Crippen LogP contribution in [0.4, 0.5) is 0 Å². The lowest BCUT2D eigenvalue weighted by Gasteiger charge is -2.41. The summed E-state index contributed by atoms with van der Waals surface area (Å²) in [5.74, 6) is 0.523. The number of rotatable bonds is 5. The number of hydrogen-bond acceptors (Lipinski definition) is 5. The van der Waals surface area contributed by atoms with Crippen molar-refractivity contribution >= 4 is 5.78 Å². The summed E-state index contributed by atoms with van der Waals surface area (Å²) in [5.41, 5.74) is -1.40. The van der Waals surface area contributed by atoms with Crippen LogP contribution in [-0.4, -0.2) is 23.3 Å². The molecule has 0 aliphatic heterocycles. The Morgan fingerprint density at radius 1 is 1.05 bits per heavy atom.